The molecule has 0 saturated carbocycles. The summed E-state index contributed by atoms with van der Waals surface area (Å²) in [6.07, 6.45) is 2.35. The third-order valence-electron chi connectivity index (χ3n) is 3.90. The predicted molar refractivity (Wildman–Crippen MR) is 81.3 cm³/mol. The third-order valence-corrected chi connectivity index (χ3v) is 3.90. The van der Waals surface area contributed by atoms with Crippen LogP contribution in [0.5, 0.6) is 0 Å². The average molecular weight is 293 g/mol. The number of carbonyl (C=O) groups is 1. The zero-order chi connectivity index (χ0) is 15.1. The fourth-order valence-electron chi connectivity index (χ4n) is 2.84. The molecule has 0 bridgehead atoms. The predicted octanol–water partition coefficient (Wildman–Crippen LogP) is 1.37. The van der Waals surface area contributed by atoms with Gasteiger partial charge in [0.1, 0.15) is 5.82 Å². The molecule has 1 saturated heterocycles. The molecule has 1 heterocycles. The van der Waals surface area contributed by atoms with Crippen LogP contribution >= 0.6 is 0 Å². The number of amides is 1. The number of nitrogens with zero attached hydrogens (tertiary/aromatic N) is 1. The highest BCUT2D eigenvalue weighted by Gasteiger charge is 2.20. The maximum absolute atomic E-state index is 13.5. The number of nitrogens with one attached hydrogen (secondary N) is 2. The number of rotatable bonds is 6. The molecule has 0 aromatic heterocycles. The van der Waals surface area contributed by atoms with Gasteiger partial charge in [-0.15, -0.1) is 0 Å². The van der Waals surface area contributed by atoms with E-state index in [4.69, 9.17) is 0 Å². The Labute approximate surface area is 125 Å². The van der Waals surface area contributed by atoms with Crippen molar-refractivity contribution in [3.8, 4) is 0 Å². The van der Waals surface area contributed by atoms with Crippen molar-refractivity contribution in [1.82, 2.24) is 15.5 Å². The van der Waals surface area contributed by atoms with E-state index in [9.17, 15) is 9.18 Å². The lowest BCUT2D eigenvalue weighted by molar-refractivity contribution is -0.122. The van der Waals surface area contributed by atoms with Crippen LogP contribution in [0.3, 0.4) is 0 Å². The van der Waals surface area contributed by atoms with Gasteiger partial charge in [-0.2, -0.15) is 0 Å². The first kappa shape index (κ1) is 15.9. The van der Waals surface area contributed by atoms with E-state index in [2.05, 4.69) is 15.5 Å². The smallest absolute Gasteiger partial charge is 0.234 e. The van der Waals surface area contributed by atoms with Gasteiger partial charge >= 0.3 is 0 Å². The number of piperidine rings is 1. The molecule has 116 valence electrons. The highest BCUT2D eigenvalue weighted by atomic mass is 19.1. The minimum Gasteiger partial charge on any atom is -0.351 e. The minimum absolute atomic E-state index is 0.0386. The summed E-state index contributed by atoms with van der Waals surface area (Å²) >= 11 is 0. The molecule has 1 aliphatic heterocycles. The summed E-state index contributed by atoms with van der Waals surface area (Å²) in [5, 5.41) is 5.99. The van der Waals surface area contributed by atoms with Crippen LogP contribution in [0.25, 0.3) is 0 Å². The van der Waals surface area contributed by atoms with Crippen molar-refractivity contribution in [2.45, 2.75) is 19.4 Å². The Hall–Kier alpha value is -1.46. The van der Waals surface area contributed by atoms with E-state index in [0.717, 1.165) is 26.1 Å². The highest BCUT2D eigenvalue weighted by molar-refractivity contribution is 5.78. The SMILES string of the molecule is CNCC1CCCN(CC(=O)NCc2ccccc2F)C1. The molecule has 1 unspecified atom stereocenters. The number of benzene rings is 1. The van der Waals surface area contributed by atoms with Crippen molar-refractivity contribution >= 4 is 5.91 Å². The lowest BCUT2D eigenvalue weighted by Crippen LogP contribution is -2.44. The van der Waals surface area contributed by atoms with Crippen LogP contribution in [0.1, 0.15) is 18.4 Å². The topological polar surface area (TPSA) is 44.4 Å². The van der Waals surface area contributed by atoms with Gasteiger partial charge in [0.05, 0.1) is 6.54 Å². The van der Waals surface area contributed by atoms with Crippen molar-refractivity contribution in [3.05, 3.63) is 35.6 Å². The molecule has 1 aromatic rings. The number of likely N-dealkylation sites (tertiary alicyclic amines) is 1. The Kier molecular flexibility index (Phi) is 6.14. The van der Waals surface area contributed by atoms with E-state index in [1.165, 1.54) is 12.5 Å². The molecule has 1 aromatic carbocycles. The largest absolute Gasteiger partial charge is 0.351 e. The first-order valence-corrected chi connectivity index (χ1v) is 7.56. The number of hydrogen-bond donors (Lipinski definition) is 2. The zero-order valence-corrected chi connectivity index (χ0v) is 12.6. The van der Waals surface area contributed by atoms with Crippen LogP contribution in [0.15, 0.2) is 24.3 Å². The molecule has 21 heavy (non-hydrogen) atoms. The van der Waals surface area contributed by atoms with Crippen LogP contribution in [-0.2, 0) is 11.3 Å². The van der Waals surface area contributed by atoms with Gasteiger partial charge in [-0.1, -0.05) is 18.2 Å². The molecule has 0 radical (unpaired) electrons. The first-order valence-electron chi connectivity index (χ1n) is 7.56. The Bertz CT molecular complexity index is 465. The molecular formula is C16H24FN3O. The summed E-state index contributed by atoms with van der Waals surface area (Å²) in [5.74, 6) is 0.302. The first-order chi connectivity index (χ1) is 10.2. The molecular weight excluding hydrogens is 269 g/mol. The van der Waals surface area contributed by atoms with Crippen molar-refractivity contribution in [1.29, 1.82) is 0 Å². The summed E-state index contributed by atoms with van der Waals surface area (Å²) < 4.78 is 13.5. The van der Waals surface area contributed by atoms with E-state index in [-0.39, 0.29) is 18.3 Å². The molecule has 5 heteroatoms. The van der Waals surface area contributed by atoms with Gasteiger partial charge in [0.15, 0.2) is 0 Å². The molecule has 0 spiro atoms. The Morgan fingerprint density at radius 2 is 2.24 bits per heavy atom. The lowest BCUT2D eigenvalue weighted by Gasteiger charge is -2.32. The molecule has 4 nitrogen and oxygen atoms in total. The third kappa shape index (κ3) is 5.10. The van der Waals surface area contributed by atoms with E-state index >= 15 is 0 Å². The van der Waals surface area contributed by atoms with E-state index in [0.29, 0.717) is 18.0 Å². The van der Waals surface area contributed by atoms with Gasteiger partial charge in [0.2, 0.25) is 5.91 Å². The molecule has 2 rings (SSSR count). The van der Waals surface area contributed by atoms with Crippen LogP contribution in [0.4, 0.5) is 4.39 Å². The lowest BCUT2D eigenvalue weighted by atomic mass is 9.98. The summed E-state index contributed by atoms with van der Waals surface area (Å²) in [7, 11) is 1.96. The molecule has 0 aliphatic carbocycles. The number of carbonyl (C=O) groups excluding carboxylic acids is 1. The fourth-order valence-corrected chi connectivity index (χ4v) is 2.84. The van der Waals surface area contributed by atoms with Gasteiger partial charge in [0.25, 0.3) is 0 Å². The fraction of sp³-hybridized carbons (Fsp3) is 0.562. The monoisotopic (exact) mass is 293 g/mol. The second-order valence-electron chi connectivity index (χ2n) is 5.67. The standard InChI is InChI=1S/C16H24FN3O/c1-18-9-13-5-4-8-20(11-13)12-16(21)19-10-14-6-2-3-7-15(14)17/h2-3,6-7,13,18H,4-5,8-12H2,1H3,(H,19,21). The van der Waals surface area contributed by atoms with Crippen molar-refractivity contribution in [2.75, 3.05) is 33.2 Å². The minimum atomic E-state index is -0.273. The molecule has 1 fully saturated rings. The molecule has 1 atom stereocenters. The van der Waals surface area contributed by atoms with Crippen LogP contribution in [0, 0.1) is 11.7 Å². The normalized spacial score (nSPS) is 19.4. The maximum Gasteiger partial charge on any atom is 0.234 e. The average Bonchev–Trinajstić information content (AvgIpc) is 2.47. The Morgan fingerprint density at radius 3 is 3.00 bits per heavy atom. The van der Waals surface area contributed by atoms with E-state index < -0.39 is 0 Å². The van der Waals surface area contributed by atoms with Crippen molar-refractivity contribution in [3.63, 3.8) is 0 Å². The highest BCUT2D eigenvalue weighted by Crippen LogP contribution is 2.15. The van der Waals surface area contributed by atoms with Gasteiger partial charge in [-0.25, -0.2) is 4.39 Å². The summed E-state index contributed by atoms with van der Waals surface area (Å²) in [5.41, 5.74) is 0.526. The van der Waals surface area contributed by atoms with Crippen LogP contribution < -0.4 is 10.6 Å². The van der Waals surface area contributed by atoms with E-state index in [1.807, 2.05) is 7.05 Å². The van der Waals surface area contributed by atoms with Gasteiger partial charge < -0.3 is 10.6 Å². The zero-order valence-electron chi connectivity index (χ0n) is 12.6. The Balaban J connectivity index is 1.75. The number of hydrogen-bond acceptors (Lipinski definition) is 3. The van der Waals surface area contributed by atoms with Crippen LogP contribution in [-0.4, -0.2) is 44.0 Å². The summed E-state index contributed by atoms with van der Waals surface area (Å²) in [6, 6.07) is 6.53. The second kappa shape index (κ2) is 8.10. The van der Waals surface area contributed by atoms with E-state index in [1.54, 1.807) is 18.2 Å². The summed E-state index contributed by atoms with van der Waals surface area (Å²) in [6.45, 7) is 3.56. The van der Waals surface area contributed by atoms with Gasteiger partial charge in [-0.3, -0.25) is 9.69 Å². The van der Waals surface area contributed by atoms with Crippen LogP contribution in [0.2, 0.25) is 0 Å². The quantitative estimate of drug-likeness (QED) is 0.833. The molecule has 1 amide bonds. The van der Waals surface area contributed by atoms with Gasteiger partial charge in [0, 0.05) is 18.7 Å². The molecule has 2 N–H and O–H groups in total. The van der Waals surface area contributed by atoms with Crippen molar-refractivity contribution < 1.29 is 9.18 Å². The van der Waals surface area contributed by atoms with Gasteiger partial charge in [-0.05, 0) is 45.0 Å². The second-order valence-corrected chi connectivity index (χ2v) is 5.67. The van der Waals surface area contributed by atoms with Crippen molar-refractivity contribution in [2.24, 2.45) is 5.92 Å². The summed E-state index contributed by atoms with van der Waals surface area (Å²) in [4.78, 5) is 14.2. The maximum atomic E-state index is 13.5. The Morgan fingerprint density at radius 1 is 1.43 bits per heavy atom. The number of halogens is 1. The molecule has 1 aliphatic rings.